The fourth-order valence-corrected chi connectivity index (χ4v) is 2.78. The van der Waals surface area contributed by atoms with Gasteiger partial charge >= 0.3 is 5.97 Å². The highest BCUT2D eigenvalue weighted by atomic mass is 16.4. The molecule has 5 nitrogen and oxygen atoms in total. The Hall–Kier alpha value is -2.30. The Morgan fingerprint density at radius 3 is 2.76 bits per heavy atom. The molecular formula is C16H18N2O3. The molecule has 1 saturated carbocycles. The van der Waals surface area contributed by atoms with Gasteiger partial charge in [-0.15, -0.1) is 0 Å². The Bertz CT molecular complexity index is 702. The summed E-state index contributed by atoms with van der Waals surface area (Å²) >= 11 is 0. The van der Waals surface area contributed by atoms with Crippen LogP contribution >= 0.6 is 0 Å². The first kappa shape index (κ1) is 13.7. The maximum atomic E-state index is 12.2. The molecule has 1 aliphatic rings. The van der Waals surface area contributed by atoms with E-state index in [1.54, 1.807) is 13.1 Å². The Labute approximate surface area is 122 Å². The minimum atomic E-state index is -1.15. The van der Waals surface area contributed by atoms with Gasteiger partial charge in [-0.3, -0.25) is 4.79 Å². The van der Waals surface area contributed by atoms with Crippen molar-refractivity contribution in [2.24, 2.45) is 5.92 Å². The van der Waals surface area contributed by atoms with E-state index in [1.807, 2.05) is 24.3 Å². The lowest BCUT2D eigenvalue weighted by Gasteiger charge is -2.26. The molecule has 1 unspecified atom stereocenters. The molecule has 0 saturated heterocycles. The Morgan fingerprint density at radius 2 is 2.10 bits per heavy atom. The zero-order chi connectivity index (χ0) is 15.0. The van der Waals surface area contributed by atoms with Crippen LogP contribution in [-0.4, -0.2) is 27.5 Å². The Kier molecular flexibility index (Phi) is 3.20. The second kappa shape index (κ2) is 4.91. The van der Waals surface area contributed by atoms with Gasteiger partial charge < -0.3 is 15.4 Å². The molecule has 3 rings (SSSR count). The van der Waals surface area contributed by atoms with E-state index in [4.69, 9.17) is 0 Å². The summed E-state index contributed by atoms with van der Waals surface area (Å²) in [5.41, 5.74) is 0.707. The van der Waals surface area contributed by atoms with Crippen LogP contribution in [0.4, 0.5) is 0 Å². The molecule has 1 atom stereocenters. The van der Waals surface area contributed by atoms with Gasteiger partial charge in [-0.05, 0) is 37.3 Å². The van der Waals surface area contributed by atoms with Crippen molar-refractivity contribution in [3.8, 4) is 0 Å². The minimum Gasteiger partial charge on any atom is -0.480 e. The van der Waals surface area contributed by atoms with E-state index >= 15 is 0 Å². The van der Waals surface area contributed by atoms with Gasteiger partial charge in [0.25, 0.3) is 0 Å². The summed E-state index contributed by atoms with van der Waals surface area (Å²) < 4.78 is 0. The summed E-state index contributed by atoms with van der Waals surface area (Å²) in [4.78, 5) is 26.8. The van der Waals surface area contributed by atoms with E-state index in [9.17, 15) is 14.7 Å². The number of H-pyrrole nitrogens is 1. The number of hydrogen-bond acceptors (Lipinski definition) is 2. The van der Waals surface area contributed by atoms with Crippen molar-refractivity contribution in [3.63, 3.8) is 0 Å². The molecule has 2 aromatic rings. The van der Waals surface area contributed by atoms with Crippen molar-refractivity contribution >= 4 is 22.8 Å². The molecule has 0 spiro atoms. The molecule has 0 radical (unpaired) electrons. The first-order valence-corrected chi connectivity index (χ1v) is 7.10. The number of aromatic amines is 1. The predicted molar refractivity (Wildman–Crippen MR) is 78.9 cm³/mol. The number of carbonyl (C=O) groups excluding carboxylic acids is 1. The van der Waals surface area contributed by atoms with Crippen LogP contribution < -0.4 is 5.32 Å². The van der Waals surface area contributed by atoms with Gasteiger partial charge in [-0.25, -0.2) is 4.79 Å². The standard InChI is InChI=1S/C16H18N2O3/c1-16(15(20)21,11-6-7-11)18-14(19)8-10-9-17-13-5-3-2-4-12(10)13/h2-5,9,11,17H,6-8H2,1H3,(H,18,19)(H,20,21). The molecule has 1 heterocycles. The third-order valence-electron chi connectivity index (χ3n) is 4.26. The number of carboxylic acid groups (broad SMARTS) is 1. The summed E-state index contributed by atoms with van der Waals surface area (Å²) in [6, 6.07) is 7.74. The number of benzene rings is 1. The number of rotatable bonds is 5. The molecular weight excluding hydrogens is 268 g/mol. The maximum absolute atomic E-state index is 12.2. The number of carboxylic acids is 1. The predicted octanol–water partition coefficient (Wildman–Crippen LogP) is 2.08. The van der Waals surface area contributed by atoms with Crippen LogP contribution in [0.3, 0.4) is 0 Å². The van der Waals surface area contributed by atoms with Crippen LogP contribution in [-0.2, 0) is 16.0 Å². The fourth-order valence-electron chi connectivity index (χ4n) is 2.78. The van der Waals surface area contributed by atoms with E-state index in [-0.39, 0.29) is 18.2 Å². The number of carbonyl (C=O) groups is 2. The molecule has 110 valence electrons. The number of nitrogens with one attached hydrogen (secondary N) is 2. The highest BCUT2D eigenvalue weighted by molar-refractivity contribution is 5.92. The van der Waals surface area contributed by atoms with Crippen LogP contribution in [0.15, 0.2) is 30.5 Å². The molecule has 1 aromatic carbocycles. The first-order chi connectivity index (χ1) is 10.0. The van der Waals surface area contributed by atoms with Crippen molar-refractivity contribution < 1.29 is 14.7 Å². The Balaban J connectivity index is 1.76. The largest absolute Gasteiger partial charge is 0.480 e. The molecule has 0 aliphatic heterocycles. The van der Waals surface area contributed by atoms with Gasteiger partial charge in [0.05, 0.1) is 6.42 Å². The van der Waals surface area contributed by atoms with Gasteiger partial charge in [-0.2, -0.15) is 0 Å². The summed E-state index contributed by atoms with van der Waals surface area (Å²) in [7, 11) is 0. The van der Waals surface area contributed by atoms with Crippen LogP contribution in [0, 0.1) is 5.92 Å². The highest BCUT2D eigenvalue weighted by Gasteiger charge is 2.48. The number of para-hydroxylation sites is 1. The molecule has 1 fully saturated rings. The van der Waals surface area contributed by atoms with Gasteiger partial charge in [0.2, 0.25) is 5.91 Å². The Morgan fingerprint density at radius 1 is 1.38 bits per heavy atom. The van der Waals surface area contributed by atoms with Crippen molar-refractivity contribution in [1.29, 1.82) is 0 Å². The van der Waals surface area contributed by atoms with Crippen molar-refractivity contribution in [2.75, 3.05) is 0 Å². The average molecular weight is 286 g/mol. The third-order valence-corrected chi connectivity index (χ3v) is 4.26. The number of aromatic nitrogens is 1. The van der Waals surface area contributed by atoms with Crippen LogP contribution in [0.5, 0.6) is 0 Å². The number of hydrogen-bond donors (Lipinski definition) is 3. The van der Waals surface area contributed by atoms with Crippen molar-refractivity contribution in [3.05, 3.63) is 36.0 Å². The minimum absolute atomic E-state index is 0.0434. The quantitative estimate of drug-likeness (QED) is 0.787. The van der Waals surface area contributed by atoms with E-state index in [0.29, 0.717) is 0 Å². The zero-order valence-corrected chi connectivity index (χ0v) is 11.8. The summed E-state index contributed by atoms with van der Waals surface area (Å²) in [5.74, 6) is -1.17. The van der Waals surface area contributed by atoms with Gasteiger partial charge in [0.15, 0.2) is 0 Å². The highest BCUT2D eigenvalue weighted by Crippen LogP contribution is 2.39. The maximum Gasteiger partial charge on any atom is 0.329 e. The smallest absolute Gasteiger partial charge is 0.329 e. The zero-order valence-electron chi connectivity index (χ0n) is 11.8. The normalized spacial score (nSPS) is 17.4. The van der Waals surface area contributed by atoms with Crippen LogP contribution in [0.2, 0.25) is 0 Å². The summed E-state index contributed by atoms with van der Waals surface area (Å²) in [6.07, 6.45) is 3.70. The van der Waals surface area contributed by atoms with Crippen molar-refractivity contribution in [1.82, 2.24) is 10.3 Å². The van der Waals surface area contributed by atoms with E-state index in [0.717, 1.165) is 29.3 Å². The summed E-state index contributed by atoms with van der Waals surface area (Å²) in [6.45, 7) is 1.60. The van der Waals surface area contributed by atoms with Gasteiger partial charge in [0, 0.05) is 17.1 Å². The SMILES string of the molecule is CC(NC(=O)Cc1c[nH]c2ccccc12)(C(=O)O)C1CC1. The molecule has 0 bridgehead atoms. The van der Waals surface area contributed by atoms with Crippen LogP contribution in [0.25, 0.3) is 10.9 Å². The van der Waals surface area contributed by atoms with Gasteiger partial charge in [0.1, 0.15) is 5.54 Å². The molecule has 1 aromatic heterocycles. The molecule has 1 amide bonds. The topological polar surface area (TPSA) is 82.2 Å². The second-order valence-electron chi connectivity index (χ2n) is 5.87. The third kappa shape index (κ3) is 2.51. The van der Waals surface area contributed by atoms with Crippen molar-refractivity contribution in [2.45, 2.75) is 31.7 Å². The molecule has 1 aliphatic carbocycles. The van der Waals surface area contributed by atoms with Crippen LogP contribution in [0.1, 0.15) is 25.3 Å². The molecule has 5 heteroatoms. The average Bonchev–Trinajstić information content (AvgIpc) is 3.23. The second-order valence-corrected chi connectivity index (χ2v) is 5.87. The lowest BCUT2D eigenvalue weighted by atomic mass is 9.95. The monoisotopic (exact) mass is 286 g/mol. The first-order valence-electron chi connectivity index (χ1n) is 7.10. The van der Waals surface area contributed by atoms with E-state index in [2.05, 4.69) is 10.3 Å². The lowest BCUT2D eigenvalue weighted by Crippen LogP contribution is -2.54. The fraction of sp³-hybridized carbons (Fsp3) is 0.375. The van der Waals surface area contributed by atoms with E-state index in [1.165, 1.54) is 0 Å². The lowest BCUT2D eigenvalue weighted by molar-refractivity contribution is -0.147. The number of fused-ring (bicyclic) bond motifs is 1. The number of aliphatic carboxylic acids is 1. The van der Waals surface area contributed by atoms with E-state index < -0.39 is 11.5 Å². The number of amides is 1. The molecule has 3 N–H and O–H groups in total. The molecule has 21 heavy (non-hydrogen) atoms. The summed E-state index contributed by atoms with van der Waals surface area (Å²) in [5, 5.41) is 13.1. The van der Waals surface area contributed by atoms with Gasteiger partial charge in [-0.1, -0.05) is 18.2 Å².